The number of imidazole rings is 1. The van der Waals surface area contributed by atoms with Crippen LogP contribution < -0.4 is 5.32 Å². The standard InChI is InChI=1S/C15H11BrN4O3/c1-9-8-19-5-4-10(6-14(19)17-9)15(21)18-13-7-11(20(22)23)2-3-12(13)16/h2-8H,1H3,(H,18,21). The molecule has 0 saturated carbocycles. The van der Waals surface area contributed by atoms with Crippen molar-refractivity contribution in [2.24, 2.45) is 0 Å². The van der Waals surface area contributed by atoms with Crippen molar-refractivity contribution >= 4 is 38.9 Å². The second-order valence-corrected chi connectivity index (χ2v) is 5.79. The third-order valence-electron chi connectivity index (χ3n) is 3.25. The lowest BCUT2D eigenvalue weighted by atomic mass is 10.2. The Labute approximate surface area is 139 Å². The molecule has 3 aromatic rings. The van der Waals surface area contributed by atoms with E-state index >= 15 is 0 Å². The number of nitrogens with one attached hydrogen (secondary N) is 1. The summed E-state index contributed by atoms with van der Waals surface area (Å²) in [4.78, 5) is 27.0. The third kappa shape index (κ3) is 3.07. The van der Waals surface area contributed by atoms with E-state index in [-0.39, 0.29) is 11.6 Å². The fourth-order valence-electron chi connectivity index (χ4n) is 2.17. The van der Waals surface area contributed by atoms with Crippen molar-refractivity contribution in [1.29, 1.82) is 0 Å². The minimum atomic E-state index is -0.512. The summed E-state index contributed by atoms with van der Waals surface area (Å²) in [5, 5.41) is 13.5. The van der Waals surface area contributed by atoms with Gasteiger partial charge >= 0.3 is 0 Å². The highest BCUT2D eigenvalue weighted by atomic mass is 79.9. The highest BCUT2D eigenvalue weighted by Crippen LogP contribution is 2.27. The van der Waals surface area contributed by atoms with Crippen molar-refractivity contribution in [3.05, 3.63) is 68.6 Å². The first-order valence-corrected chi connectivity index (χ1v) is 7.44. The number of benzene rings is 1. The molecule has 0 atom stereocenters. The maximum Gasteiger partial charge on any atom is 0.271 e. The van der Waals surface area contributed by atoms with Crippen LogP contribution in [0.4, 0.5) is 11.4 Å². The first kappa shape index (κ1) is 15.2. The Morgan fingerprint density at radius 1 is 1.35 bits per heavy atom. The number of amides is 1. The smallest absolute Gasteiger partial charge is 0.271 e. The lowest BCUT2D eigenvalue weighted by Crippen LogP contribution is -2.12. The molecule has 2 aromatic heterocycles. The Morgan fingerprint density at radius 2 is 2.13 bits per heavy atom. The average molecular weight is 375 g/mol. The van der Waals surface area contributed by atoms with Crippen molar-refractivity contribution in [1.82, 2.24) is 9.38 Å². The molecule has 0 saturated heterocycles. The molecule has 0 fully saturated rings. The van der Waals surface area contributed by atoms with Crippen LogP contribution in [0.15, 0.2) is 47.2 Å². The summed E-state index contributed by atoms with van der Waals surface area (Å²) >= 11 is 3.27. The second kappa shape index (κ2) is 5.81. The van der Waals surface area contributed by atoms with Crippen LogP contribution in [0.5, 0.6) is 0 Å². The van der Waals surface area contributed by atoms with E-state index in [1.54, 1.807) is 18.3 Å². The van der Waals surface area contributed by atoms with Gasteiger partial charge in [0.15, 0.2) is 0 Å². The van der Waals surface area contributed by atoms with Crippen molar-refractivity contribution in [3.8, 4) is 0 Å². The Balaban J connectivity index is 1.90. The van der Waals surface area contributed by atoms with E-state index in [9.17, 15) is 14.9 Å². The van der Waals surface area contributed by atoms with Gasteiger partial charge in [0.2, 0.25) is 0 Å². The molecule has 0 aliphatic heterocycles. The number of aryl methyl sites for hydroxylation is 1. The lowest BCUT2D eigenvalue weighted by Gasteiger charge is -2.07. The molecule has 0 aliphatic rings. The van der Waals surface area contributed by atoms with Gasteiger partial charge in [0.1, 0.15) is 5.65 Å². The number of hydrogen-bond donors (Lipinski definition) is 1. The molecule has 0 radical (unpaired) electrons. The van der Waals surface area contributed by atoms with E-state index in [1.807, 2.05) is 17.5 Å². The molecule has 116 valence electrons. The summed E-state index contributed by atoms with van der Waals surface area (Å²) in [6.07, 6.45) is 3.60. The molecule has 0 bridgehead atoms. The van der Waals surface area contributed by atoms with Crippen LogP contribution in [0.1, 0.15) is 16.1 Å². The monoisotopic (exact) mass is 374 g/mol. The van der Waals surface area contributed by atoms with Gasteiger partial charge in [-0.3, -0.25) is 14.9 Å². The Hall–Kier alpha value is -2.74. The molecular formula is C15H11BrN4O3. The van der Waals surface area contributed by atoms with E-state index in [4.69, 9.17) is 0 Å². The van der Waals surface area contributed by atoms with Gasteiger partial charge in [-0.25, -0.2) is 4.98 Å². The van der Waals surface area contributed by atoms with Gasteiger partial charge < -0.3 is 9.72 Å². The molecule has 23 heavy (non-hydrogen) atoms. The third-order valence-corrected chi connectivity index (χ3v) is 3.94. The first-order chi connectivity index (χ1) is 10.9. The first-order valence-electron chi connectivity index (χ1n) is 6.65. The van der Waals surface area contributed by atoms with Gasteiger partial charge in [-0.1, -0.05) is 0 Å². The fraction of sp³-hybridized carbons (Fsp3) is 0.0667. The minimum absolute atomic E-state index is 0.0946. The van der Waals surface area contributed by atoms with E-state index < -0.39 is 4.92 Å². The summed E-state index contributed by atoms with van der Waals surface area (Å²) in [5.74, 6) is -0.366. The largest absolute Gasteiger partial charge is 0.321 e. The number of pyridine rings is 1. The summed E-state index contributed by atoms with van der Waals surface area (Å²) in [7, 11) is 0. The highest BCUT2D eigenvalue weighted by Gasteiger charge is 2.13. The molecule has 1 N–H and O–H groups in total. The summed E-state index contributed by atoms with van der Waals surface area (Å²) in [6, 6.07) is 7.51. The summed E-state index contributed by atoms with van der Waals surface area (Å²) in [5.41, 5.74) is 2.17. The number of anilines is 1. The molecule has 3 rings (SSSR count). The van der Waals surface area contributed by atoms with Crippen LogP contribution in [-0.4, -0.2) is 20.2 Å². The zero-order valence-electron chi connectivity index (χ0n) is 12.0. The van der Waals surface area contributed by atoms with Crippen molar-refractivity contribution in [2.75, 3.05) is 5.32 Å². The van der Waals surface area contributed by atoms with E-state index in [1.165, 1.54) is 18.2 Å². The van der Waals surface area contributed by atoms with Gasteiger partial charge in [0.25, 0.3) is 11.6 Å². The van der Waals surface area contributed by atoms with E-state index in [0.29, 0.717) is 21.4 Å². The quantitative estimate of drug-likeness (QED) is 0.560. The number of halogens is 1. The van der Waals surface area contributed by atoms with Crippen LogP contribution in [0.2, 0.25) is 0 Å². The zero-order valence-corrected chi connectivity index (χ0v) is 13.6. The average Bonchev–Trinajstić information content (AvgIpc) is 2.88. The molecule has 2 heterocycles. The van der Waals surface area contributed by atoms with Crippen molar-refractivity contribution in [3.63, 3.8) is 0 Å². The van der Waals surface area contributed by atoms with Crippen LogP contribution in [0.25, 0.3) is 5.65 Å². The highest BCUT2D eigenvalue weighted by molar-refractivity contribution is 9.10. The number of carbonyl (C=O) groups is 1. The lowest BCUT2D eigenvalue weighted by molar-refractivity contribution is -0.384. The molecule has 0 unspecified atom stereocenters. The van der Waals surface area contributed by atoms with Crippen LogP contribution in [0.3, 0.4) is 0 Å². The fourth-order valence-corrected chi connectivity index (χ4v) is 2.51. The molecule has 7 nitrogen and oxygen atoms in total. The van der Waals surface area contributed by atoms with Gasteiger partial charge in [0.05, 0.1) is 16.3 Å². The number of nitro benzene ring substituents is 1. The summed E-state index contributed by atoms with van der Waals surface area (Å²) in [6.45, 7) is 1.87. The number of nitro groups is 1. The van der Waals surface area contributed by atoms with Crippen LogP contribution in [0, 0.1) is 17.0 Å². The maximum absolute atomic E-state index is 12.4. The number of carbonyl (C=O) groups excluding carboxylic acids is 1. The number of rotatable bonds is 3. The molecule has 0 aliphatic carbocycles. The molecule has 0 spiro atoms. The van der Waals surface area contributed by atoms with Crippen molar-refractivity contribution < 1.29 is 9.72 Å². The van der Waals surface area contributed by atoms with Crippen molar-refractivity contribution in [2.45, 2.75) is 6.92 Å². The number of aromatic nitrogens is 2. The normalized spacial score (nSPS) is 10.7. The Morgan fingerprint density at radius 3 is 2.87 bits per heavy atom. The zero-order chi connectivity index (χ0) is 16.6. The van der Waals surface area contributed by atoms with E-state index in [0.717, 1.165) is 5.69 Å². The molecular weight excluding hydrogens is 364 g/mol. The minimum Gasteiger partial charge on any atom is -0.321 e. The molecule has 1 amide bonds. The predicted molar refractivity (Wildman–Crippen MR) is 88.7 cm³/mol. The Kier molecular flexibility index (Phi) is 3.83. The van der Waals surface area contributed by atoms with Gasteiger partial charge in [-0.2, -0.15) is 0 Å². The van der Waals surface area contributed by atoms with Crippen LogP contribution in [-0.2, 0) is 0 Å². The molecule has 8 heteroatoms. The van der Waals surface area contributed by atoms with Gasteiger partial charge in [-0.15, -0.1) is 0 Å². The molecule has 1 aromatic carbocycles. The number of fused-ring (bicyclic) bond motifs is 1. The topological polar surface area (TPSA) is 89.5 Å². The van der Waals surface area contributed by atoms with E-state index in [2.05, 4.69) is 26.2 Å². The number of non-ortho nitro benzene ring substituents is 1. The second-order valence-electron chi connectivity index (χ2n) is 4.94. The SMILES string of the molecule is Cc1cn2ccc(C(=O)Nc3cc([N+](=O)[O-])ccc3Br)cc2n1. The maximum atomic E-state index is 12.4. The Bertz CT molecular complexity index is 936. The number of nitrogens with zero attached hydrogens (tertiary/aromatic N) is 3. The summed E-state index contributed by atoms with van der Waals surface area (Å²) < 4.78 is 2.38. The van der Waals surface area contributed by atoms with Crippen LogP contribution >= 0.6 is 15.9 Å². The predicted octanol–water partition coefficient (Wildman–Crippen LogP) is 3.57. The van der Waals surface area contributed by atoms with Gasteiger partial charge in [-0.05, 0) is 41.1 Å². The van der Waals surface area contributed by atoms with Gasteiger partial charge in [0, 0.05) is 34.6 Å². The number of hydrogen-bond acceptors (Lipinski definition) is 4.